The highest BCUT2D eigenvalue weighted by Crippen LogP contribution is 2.28. The van der Waals surface area contributed by atoms with Gasteiger partial charge in [0, 0.05) is 37.9 Å². The number of nitroso groups, excluding NO2 is 1. The minimum absolute atomic E-state index is 0.0506. The lowest BCUT2D eigenvalue weighted by atomic mass is 10.1. The molecule has 0 spiro atoms. The van der Waals surface area contributed by atoms with Crippen LogP contribution in [-0.2, 0) is 0 Å². The van der Waals surface area contributed by atoms with Gasteiger partial charge >= 0.3 is 0 Å². The Balaban J connectivity index is 1.56. The number of nitrogens with two attached hydrogens (primary N) is 1. The molecule has 3 aromatic rings. The summed E-state index contributed by atoms with van der Waals surface area (Å²) in [5.41, 5.74) is 6.98. The quantitative estimate of drug-likeness (QED) is 0.638. The summed E-state index contributed by atoms with van der Waals surface area (Å²) in [6.07, 6.45) is 1.70. The van der Waals surface area contributed by atoms with Crippen molar-refractivity contribution in [1.82, 2.24) is 15.0 Å². The van der Waals surface area contributed by atoms with E-state index in [4.69, 9.17) is 5.73 Å². The minimum atomic E-state index is -0.724. The molecule has 1 atom stereocenters. The van der Waals surface area contributed by atoms with Crippen molar-refractivity contribution in [2.45, 2.75) is 13.0 Å². The molecule has 150 valence electrons. The van der Waals surface area contributed by atoms with Gasteiger partial charge in [-0.05, 0) is 25.1 Å². The molecule has 1 unspecified atom stereocenters. The van der Waals surface area contributed by atoms with Crippen LogP contribution in [0.5, 0.6) is 0 Å². The first-order valence-corrected chi connectivity index (χ1v) is 9.24. The first-order valence-electron chi connectivity index (χ1n) is 9.24. The van der Waals surface area contributed by atoms with Gasteiger partial charge in [-0.1, -0.05) is 11.2 Å². The number of carbonyl (C=O) groups is 1. The molecule has 1 aliphatic rings. The third kappa shape index (κ3) is 3.48. The third-order valence-electron chi connectivity index (χ3n) is 5.11. The molecule has 1 amide bonds. The lowest BCUT2D eigenvalue weighted by molar-refractivity contribution is 0.100. The molecule has 3 N–H and O–H groups in total. The maximum absolute atomic E-state index is 13.8. The molecule has 2 aromatic heterocycles. The van der Waals surface area contributed by atoms with Gasteiger partial charge in [-0.3, -0.25) is 4.79 Å². The van der Waals surface area contributed by atoms with Gasteiger partial charge in [0.25, 0.3) is 5.91 Å². The molecule has 0 aliphatic carbocycles. The van der Waals surface area contributed by atoms with Crippen molar-refractivity contribution in [3.63, 3.8) is 0 Å². The van der Waals surface area contributed by atoms with Crippen molar-refractivity contribution in [3.8, 4) is 0 Å². The molecule has 1 aliphatic heterocycles. The molecule has 0 saturated carbocycles. The Hall–Kier alpha value is -3.56. The summed E-state index contributed by atoms with van der Waals surface area (Å²) in [6, 6.07) is 5.57. The lowest BCUT2D eigenvalue weighted by Gasteiger charge is -2.36. The van der Waals surface area contributed by atoms with Crippen LogP contribution in [0.1, 0.15) is 28.9 Å². The first kappa shape index (κ1) is 18.8. The Bertz CT molecular complexity index is 1080. The van der Waals surface area contributed by atoms with E-state index in [9.17, 15) is 14.1 Å². The van der Waals surface area contributed by atoms with E-state index in [1.165, 1.54) is 6.07 Å². The van der Waals surface area contributed by atoms with Crippen LogP contribution in [-0.4, -0.2) is 47.0 Å². The number of amides is 1. The molecule has 0 radical (unpaired) electrons. The van der Waals surface area contributed by atoms with E-state index in [2.05, 4.69) is 25.0 Å². The first-order chi connectivity index (χ1) is 14.0. The van der Waals surface area contributed by atoms with E-state index in [0.717, 1.165) is 17.4 Å². The van der Waals surface area contributed by atoms with Crippen LogP contribution in [0, 0.1) is 10.7 Å². The Morgan fingerprint density at radius 3 is 2.69 bits per heavy atom. The van der Waals surface area contributed by atoms with Crippen LogP contribution in [0.3, 0.4) is 0 Å². The highest BCUT2D eigenvalue weighted by molar-refractivity contribution is 6.04. The number of piperazine rings is 1. The molecule has 3 heterocycles. The van der Waals surface area contributed by atoms with Crippen LogP contribution in [0.2, 0.25) is 0 Å². The number of anilines is 2. The summed E-state index contributed by atoms with van der Waals surface area (Å²) in [5, 5.41) is 3.12. The van der Waals surface area contributed by atoms with Gasteiger partial charge in [-0.25, -0.2) is 14.4 Å². The summed E-state index contributed by atoms with van der Waals surface area (Å²) in [4.78, 5) is 38.7. The minimum Gasteiger partial charge on any atom is -0.366 e. The van der Waals surface area contributed by atoms with Crippen molar-refractivity contribution >= 4 is 28.7 Å². The second-order valence-electron chi connectivity index (χ2n) is 6.95. The van der Waals surface area contributed by atoms with Gasteiger partial charge in [0.2, 0.25) is 5.95 Å². The normalized spacial score (nSPS) is 15.5. The number of pyridine rings is 1. The number of carbonyl (C=O) groups excluding carboxylic acids is 1. The third-order valence-corrected chi connectivity index (χ3v) is 5.11. The predicted octanol–water partition coefficient (Wildman–Crippen LogP) is 2.35. The number of primary amides is 1. The Morgan fingerprint density at radius 1 is 1.28 bits per heavy atom. The van der Waals surface area contributed by atoms with Gasteiger partial charge in [0.15, 0.2) is 0 Å². The molecule has 1 saturated heterocycles. The van der Waals surface area contributed by atoms with Crippen molar-refractivity contribution < 1.29 is 9.18 Å². The predicted molar refractivity (Wildman–Crippen MR) is 107 cm³/mol. The summed E-state index contributed by atoms with van der Waals surface area (Å²) in [6.45, 7) is 4.32. The van der Waals surface area contributed by atoms with Crippen molar-refractivity contribution in [1.29, 1.82) is 0 Å². The van der Waals surface area contributed by atoms with Crippen LogP contribution in [0.15, 0.2) is 35.6 Å². The summed E-state index contributed by atoms with van der Waals surface area (Å²) in [7, 11) is 0. The molecular formula is C19H20FN7O2. The Kier molecular flexibility index (Phi) is 4.83. The number of fused-ring (bicyclic) bond motifs is 1. The zero-order valence-electron chi connectivity index (χ0n) is 15.8. The average Bonchev–Trinajstić information content (AvgIpc) is 3.16. The van der Waals surface area contributed by atoms with Gasteiger partial charge in [0.05, 0.1) is 11.1 Å². The number of rotatable bonds is 5. The largest absolute Gasteiger partial charge is 0.366 e. The smallest absolute Gasteiger partial charge is 0.251 e. The molecule has 10 heteroatoms. The number of hydrogen-bond acceptors (Lipinski definition) is 7. The Labute approximate surface area is 165 Å². The molecule has 1 fully saturated rings. The maximum Gasteiger partial charge on any atom is 0.251 e. The number of hydrogen-bond donors (Lipinski definition) is 2. The topological polar surface area (TPSA) is 121 Å². The zero-order chi connectivity index (χ0) is 20.5. The number of aromatic amines is 1. The van der Waals surface area contributed by atoms with Crippen molar-refractivity contribution in [3.05, 3.63) is 52.3 Å². The lowest BCUT2D eigenvalue weighted by Crippen LogP contribution is -2.47. The van der Waals surface area contributed by atoms with Crippen LogP contribution < -0.4 is 15.5 Å². The number of aromatic nitrogens is 3. The van der Waals surface area contributed by atoms with Crippen LogP contribution >= 0.6 is 0 Å². The van der Waals surface area contributed by atoms with Crippen molar-refractivity contribution in [2.75, 3.05) is 36.0 Å². The van der Waals surface area contributed by atoms with E-state index in [1.54, 1.807) is 19.2 Å². The van der Waals surface area contributed by atoms with E-state index in [0.29, 0.717) is 43.2 Å². The molecule has 1 aromatic carbocycles. The highest BCUT2D eigenvalue weighted by Gasteiger charge is 2.24. The van der Waals surface area contributed by atoms with Gasteiger partial charge in [-0.15, -0.1) is 0 Å². The standard InChI is InChI=1S/C19H20FN7O2/c1-11(25-29)13-3-2-4-22-18(13)26-5-7-27(8-6-26)19-23-15-10-12(20)9-14(17(21)28)16(15)24-19/h2-4,9-11H,5-8H2,1H3,(H2,21,28)(H,23,24). The van der Waals surface area contributed by atoms with Crippen LogP contribution in [0.4, 0.5) is 16.2 Å². The zero-order valence-corrected chi connectivity index (χ0v) is 15.8. The number of nitrogens with zero attached hydrogens (tertiary/aromatic N) is 5. The van der Waals surface area contributed by atoms with E-state index in [1.807, 2.05) is 11.0 Å². The van der Waals surface area contributed by atoms with E-state index in [-0.39, 0.29) is 5.56 Å². The number of nitrogens with one attached hydrogen (secondary N) is 1. The molecule has 0 bridgehead atoms. The van der Waals surface area contributed by atoms with Gasteiger partial charge < -0.3 is 20.5 Å². The van der Waals surface area contributed by atoms with Gasteiger partial charge in [0.1, 0.15) is 23.2 Å². The van der Waals surface area contributed by atoms with E-state index >= 15 is 0 Å². The fourth-order valence-electron chi connectivity index (χ4n) is 3.59. The molecule has 4 rings (SSSR count). The fourth-order valence-corrected chi connectivity index (χ4v) is 3.59. The number of H-pyrrole nitrogens is 1. The second kappa shape index (κ2) is 7.46. The second-order valence-corrected chi connectivity index (χ2v) is 6.95. The van der Waals surface area contributed by atoms with E-state index < -0.39 is 17.8 Å². The van der Waals surface area contributed by atoms with Crippen molar-refractivity contribution in [2.24, 2.45) is 10.9 Å². The average molecular weight is 397 g/mol. The van der Waals surface area contributed by atoms with Crippen LogP contribution in [0.25, 0.3) is 11.0 Å². The Morgan fingerprint density at radius 2 is 2.00 bits per heavy atom. The number of imidazole rings is 1. The number of halogens is 1. The summed E-state index contributed by atoms with van der Waals surface area (Å²) < 4.78 is 13.8. The number of benzene rings is 1. The monoisotopic (exact) mass is 397 g/mol. The molecule has 9 nitrogen and oxygen atoms in total. The molecular weight excluding hydrogens is 377 g/mol. The SMILES string of the molecule is CC(N=O)c1cccnc1N1CCN(c2nc3c(C(N)=O)cc(F)cc3[nH]2)CC1. The highest BCUT2D eigenvalue weighted by atomic mass is 19.1. The summed E-state index contributed by atoms with van der Waals surface area (Å²) in [5.74, 6) is 0.0312. The van der Waals surface area contributed by atoms with Gasteiger partial charge in [-0.2, -0.15) is 4.91 Å². The summed E-state index contributed by atoms with van der Waals surface area (Å²) >= 11 is 0. The maximum atomic E-state index is 13.8. The molecule has 29 heavy (non-hydrogen) atoms. The fraction of sp³-hybridized carbons (Fsp3) is 0.316.